The lowest BCUT2D eigenvalue weighted by atomic mass is 10.2. The van der Waals surface area contributed by atoms with Gasteiger partial charge in [-0.15, -0.1) is 11.3 Å². The van der Waals surface area contributed by atoms with Gasteiger partial charge in [0.05, 0.1) is 10.7 Å². The first-order chi connectivity index (χ1) is 8.11. The van der Waals surface area contributed by atoms with Crippen molar-refractivity contribution in [3.05, 3.63) is 16.1 Å². The van der Waals surface area contributed by atoms with Crippen LogP contribution in [0, 0.1) is 6.92 Å². The predicted molar refractivity (Wildman–Crippen MR) is 69.4 cm³/mol. The van der Waals surface area contributed by atoms with Gasteiger partial charge < -0.3 is 4.90 Å². The molecule has 0 unspecified atom stereocenters. The number of aryl methyl sites for hydroxylation is 1. The summed E-state index contributed by atoms with van der Waals surface area (Å²) in [7, 11) is 2.07. The minimum absolute atomic E-state index is 0.0946. The summed E-state index contributed by atoms with van der Waals surface area (Å²) in [6, 6.07) is 0. The van der Waals surface area contributed by atoms with Crippen LogP contribution in [0.25, 0.3) is 0 Å². The Labute approximate surface area is 106 Å². The number of nitrogens with one attached hydrogen (secondary N) is 1. The first kappa shape index (κ1) is 14.1. The standard InChI is InChI=1S/C11H20N4OS/c1-9-13-10(8-17-9)7-15(2)6-4-3-5-11(16)14-12/h8H,3-7,12H2,1-2H3,(H,14,16). The first-order valence-electron chi connectivity index (χ1n) is 5.71. The minimum atomic E-state index is -0.0946. The molecule has 1 aromatic heterocycles. The van der Waals surface area contributed by atoms with Gasteiger partial charge in [-0.3, -0.25) is 10.2 Å². The quantitative estimate of drug-likeness (QED) is 0.331. The highest BCUT2D eigenvalue weighted by molar-refractivity contribution is 7.09. The SMILES string of the molecule is Cc1nc(CN(C)CCCCC(=O)NN)cs1. The van der Waals surface area contributed by atoms with E-state index >= 15 is 0 Å². The lowest BCUT2D eigenvalue weighted by molar-refractivity contribution is -0.121. The van der Waals surface area contributed by atoms with Crippen molar-refractivity contribution in [1.82, 2.24) is 15.3 Å². The van der Waals surface area contributed by atoms with Crippen LogP contribution in [-0.4, -0.2) is 29.4 Å². The van der Waals surface area contributed by atoms with Crippen molar-refractivity contribution in [1.29, 1.82) is 0 Å². The maximum atomic E-state index is 10.9. The van der Waals surface area contributed by atoms with Crippen LogP contribution >= 0.6 is 11.3 Å². The summed E-state index contributed by atoms with van der Waals surface area (Å²) in [6.45, 7) is 3.85. The van der Waals surface area contributed by atoms with Gasteiger partial charge in [-0.2, -0.15) is 0 Å². The molecule has 0 fully saturated rings. The fourth-order valence-electron chi connectivity index (χ4n) is 1.58. The summed E-state index contributed by atoms with van der Waals surface area (Å²) in [5.41, 5.74) is 3.25. The molecule has 0 atom stereocenters. The molecule has 6 heteroatoms. The van der Waals surface area contributed by atoms with Crippen LogP contribution in [0.5, 0.6) is 0 Å². The number of hydrogen-bond donors (Lipinski definition) is 2. The van der Waals surface area contributed by atoms with Gasteiger partial charge in [0.2, 0.25) is 5.91 Å². The van der Waals surface area contributed by atoms with Crippen LogP contribution in [-0.2, 0) is 11.3 Å². The second-order valence-electron chi connectivity index (χ2n) is 4.12. The van der Waals surface area contributed by atoms with Crippen molar-refractivity contribution < 1.29 is 4.79 Å². The molecule has 5 nitrogen and oxygen atoms in total. The molecule has 96 valence electrons. The van der Waals surface area contributed by atoms with Crippen LogP contribution in [0.4, 0.5) is 0 Å². The smallest absolute Gasteiger partial charge is 0.233 e. The number of hydrogen-bond acceptors (Lipinski definition) is 5. The van der Waals surface area contributed by atoms with Crippen molar-refractivity contribution in [2.24, 2.45) is 5.84 Å². The van der Waals surface area contributed by atoms with Crippen molar-refractivity contribution in [2.75, 3.05) is 13.6 Å². The molecule has 0 radical (unpaired) electrons. The first-order valence-corrected chi connectivity index (χ1v) is 6.58. The van der Waals surface area contributed by atoms with Gasteiger partial charge in [0.1, 0.15) is 0 Å². The lowest BCUT2D eigenvalue weighted by Crippen LogP contribution is -2.29. The number of aromatic nitrogens is 1. The molecule has 0 bridgehead atoms. The Kier molecular flexibility index (Phi) is 6.10. The highest BCUT2D eigenvalue weighted by Crippen LogP contribution is 2.10. The fourth-order valence-corrected chi connectivity index (χ4v) is 2.18. The van der Waals surface area contributed by atoms with Gasteiger partial charge in [0.15, 0.2) is 0 Å². The molecule has 0 aliphatic rings. The Balaban J connectivity index is 2.13. The van der Waals surface area contributed by atoms with Crippen molar-refractivity contribution in [2.45, 2.75) is 32.7 Å². The number of thiazole rings is 1. The summed E-state index contributed by atoms with van der Waals surface area (Å²) >= 11 is 1.68. The summed E-state index contributed by atoms with van der Waals surface area (Å²) in [5.74, 6) is 4.91. The van der Waals surface area contributed by atoms with Crippen LogP contribution in [0.3, 0.4) is 0 Å². The fraction of sp³-hybridized carbons (Fsp3) is 0.636. The van der Waals surface area contributed by atoms with Crippen LogP contribution in [0.15, 0.2) is 5.38 Å². The van der Waals surface area contributed by atoms with Crippen molar-refractivity contribution in [3.63, 3.8) is 0 Å². The zero-order valence-corrected chi connectivity index (χ0v) is 11.2. The summed E-state index contributed by atoms with van der Waals surface area (Å²) in [5, 5.41) is 3.20. The van der Waals surface area contributed by atoms with Crippen molar-refractivity contribution in [3.8, 4) is 0 Å². The highest BCUT2D eigenvalue weighted by atomic mass is 32.1. The molecular formula is C11H20N4OS. The van der Waals surface area contributed by atoms with E-state index in [0.717, 1.165) is 36.6 Å². The number of nitrogens with zero attached hydrogens (tertiary/aromatic N) is 2. The molecule has 0 spiro atoms. The molecule has 1 heterocycles. The van der Waals surface area contributed by atoms with Crippen LogP contribution in [0.1, 0.15) is 30.0 Å². The summed E-state index contributed by atoms with van der Waals surface area (Å²) < 4.78 is 0. The Bertz CT molecular complexity index is 353. The number of carbonyl (C=O) groups excluding carboxylic acids is 1. The average Bonchev–Trinajstić information content (AvgIpc) is 2.69. The largest absolute Gasteiger partial charge is 0.301 e. The van der Waals surface area contributed by atoms with Gasteiger partial charge in [-0.05, 0) is 33.4 Å². The molecule has 3 N–H and O–H groups in total. The predicted octanol–water partition coefficient (Wildman–Crippen LogP) is 1.04. The third-order valence-electron chi connectivity index (χ3n) is 2.45. The van der Waals surface area contributed by atoms with E-state index in [2.05, 4.69) is 27.7 Å². The van der Waals surface area contributed by atoms with Gasteiger partial charge in [0, 0.05) is 18.3 Å². The Morgan fingerprint density at radius 3 is 2.94 bits per heavy atom. The zero-order valence-electron chi connectivity index (χ0n) is 10.4. The van der Waals surface area contributed by atoms with E-state index in [1.54, 1.807) is 11.3 Å². The van der Waals surface area contributed by atoms with Crippen LogP contribution in [0.2, 0.25) is 0 Å². The number of amides is 1. The van der Waals surface area contributed by atoms with E-state index in [-0.39, 0.29) is 5.91 Å². The lowest BCUT2D eigenvalue weighted by Gasteiger charge is -2.14. The van der Waals surface area contributed by atoms with E-state index in [1.807, 2.05) is 6.92 Å². The number of rotatable bonds is 7. The number of carbonyl (C=O) groups is 1. The molecule has 1 amide bonds. The Morgan fingerprint density at radius 1 is 1.59 bits per heavy atom. The topological polar surface area (TPSA) is 71.2 Å². The molecule has 0 saturated carbocycles. The van der Waals surface area contributed by atoms with E-state index in [1.165, 1.54) is 0 Å². The van der Waals surface area contributed by atoms with Crippen LogP contribution < -0.4 is 11.3 Å². The highest BCUT2D eigenvalue weighted by Gasteiger charge is 2.04. The number of nitrogens with two attached hydrogens (primary N) is 1. The van der Waals surface area contributed by atoms with Crippen molar-refractivity contribution >= 4 is 17.2 Å². The maximum Gasteiger partial charge on any atom is 0.233 e. The molecular weight excluding hydrogens is 236 g/mol. The summed E-state index contributed by atoms with van der Waals surface area (Å²) in [6.07, 6.45) is 2.36. The van der Waals surface area contributed by atoms with Gasteiger partial charge in [-0.25, -0.2) is 10.8 Å². The molecule has 0 aromatic carbocycles. The van der Waals surface area contributed by atoms with E-state index in [9.17, 15) is 4.79 Å². The zero-order chi connectivity index (χ0) is 12.7. The average molecular weight is 256 g/mol. The van der Waals surface area contributed by atoms with E-state index in [4.69, 9.17) is 5.84 Å². The minimum Gasteiger partial charge on any atom is -0.301 e. The number of hydrazine groups is 1. The molecule has 1 rings (SSSR count). The van der Waals surface area contributed by atoms with Gasteiger partial charge in [0.25, 0.3) is 0 Å². The molecule has 0 saturated heterocycles. The monoisotopic (exact) mass is 256 g/mol. The van der Waals surface area contributed by atoms with Gasteiger partial charge >= 0.3 is 0 Å². The third-order valence-corrected chi connectivity index (χ3v) is 3.28. The molecule has 1 aromatic rings. The molecule has 17 heavy (non-hydrogen) atoms. The maximum absolute atomic E-state index is 10.9. The molecule has 0 aliphatic heterocycles. The third kappa shape index (κ3) is 5.76. The van der Waals surface area contributed by atoms with E-state index in [0.29, 0.717) is 6.42 Å². The Morgan fingerprint density at radius 2 is 2.35 bits per heavy atom. The number of unbranched alkanes of at least 4 members (excludes halogenated alkanes) is 1. The molecule has 0 aliphatic carbocycles. The summed E-state index contributed by atoms with van der Waals surface area (Å²) in [4.78, 5) is 17.5. The normalized spacial score (nSPS) is 10.8. The Hall–Kier alpha value is -0.980. The van der Waals surface area contributed by atoms with E-state index < -0.39 is 0 Å². The second kappa shape index (κ2) is 7.37. The van der Waals surface area contributed by atoms with Gasteiger partial charge in [-0.1, -0.05) is 0 Å². The second-order valence-corrected chi connectivity index (χ2v) is 5.18.